The van der Waals surface area contributed by atoms with Gasteiger partial charge in [-0.05, 0) is 25.2 Å². The van der Waals surface area contributed by atoms with Crippen LogP contribution in [0.2, 0.25) is 0 Å². The summed E-state index contributed by atoms with van der Waals surface area (Å²) in [7, 11) is 0. The summed E-state index contributed by atoms with van der Waals surface area (Å²) >= 11 is 2.11. The summed E-state index contributed by atoms with van der Waals surface area (Å²) in [6.45, 7) is 0.651. The van der Waals surface area contributed by atoms with Crippen molar-refractivity contribution in [1.29, 1.82) is 0 Å². The van der Waals surface area contributed by atoms with Crippen LogP contribution >= 0.6 is 15.9 Å². The molecule has 0 aliphatic carbocycles. The molecule has 1 saturated heterocycles. The lowest BCUT2D eigenvalue weighted by atomic mass is 10.2. The largest absolute Gasteiger partial charge is 0.363 e. The Balaban J connectivity index is 2.16. The quantitative estimate of drug-likeness (QED) is 0.566. The lowest BCUT2D eigenvalue weighted by Gasteiger charge is -2.21. The minimum absolute atomic E-state index is 0.0220. The predicted molar refractivity (Wildman–Crippen MR) is 51.2 cm³/mol. The highest BCUT2D eigenvalue weighted by molar-refractivity contribution is 9.10. The highest BCUT2D eigenvalue weighted by Crippen LogP contribution is 2.19. The van der Waals surface area contributed by atoms with E-state index in [2.05, 4.69) is 21.9 Å². The molecule has 1 heterocycles. The topological polar surface area (TPSA) is 18.5 Å². The van der Waals surface area contributed by atoms with Crippen LogP contribution in [0.15, 0.2) is 0 Å². The second-order valence-corrected chi connectivity index (χ2v) is 3.90. The standard InChI is InChI=1S/C9H11BrF2O2/c10-9(11,12)5-3-7-14-8-4-1-2-6-13-8/h8H,1-2,4,6-7H2. The first-order chi connectivity index (χ1) is 6.58. The van der Waals surface area contributed by atoms with E-state index in [1.807, 2.05) is 0 Å². The molecule has 0 spiro atoms. The van der Waals surface area contributed by atoms with Crippen LogP contribution in [0.25, 0.3) is 0 Å². The molecule has 2 nitrogen and oxygen atoms in total. The maximum absolute atomic E-state index is 12.1. The average Bonchev–Trinajstić information content (AvgIpc) is 2.13. The molecule has 0 radical (unpaired) electrons. The van der Waals surface area contributed by atoms with Gasteiger partial charge in [-0.3, -0.25) is 0 Å². The number of alkyl halides is 3. The summed E-state index contributed by atoms with van der Waals surface area (Å²) in [5, 5.41) is 0. The zero-order valence-electron chi connectivity index (χ0n) is 7.56. The predicted octanol–water partition coefficient (Wildman–Crippen LogP) is 2.52. The molecule has 0 aromatic heterocycles. The van der Waals surface area contributed by atoms with Gasteiger partial charge >= 0.3 is 4.83 Å². The minimum Gasteiger partial charge on any atom is -0.353 e. The van der Waals surface area contributed by atoms with Gasteiger partial charge in [-0.15, -0.1) is 0 Å². The molecule has 1 atom stereocenters. The van der Waals surface area contributed by atoms with E-state index in [1.165, 1.54) is 0 Å². The fraction of sp³-hybridized carbons (Fsp3) is 0.778. The third-order valence-corrected chi connectivity index (χ3v) is 1.91. The lowest BCUT2D eigenvalue weighted by molar-refractivity contribution is -0.154. The van der Waals surface area contributed by atoms with Crippen molar-refractivity contribution in [3.05, 3.63) is 0 Å². The summed E-state index contributed by atoms with van der Waals surface area (Å²) in [6.07, 6.45) is 2.62. The van der Waals surface area contributed by atoms with Crippen molar-refractivity contribution in [3.63, 3.8) is 0 Å². The van der Waals surface area contributed by atoms with Crippen LogP contribution in [-0.4, -0.2) is 24.3 Å². The summed E-state index contributed by atoms with van der Waals surface area (Å²) < 4.78 is 34.6. The van der Waals surface area contributed by atoms with E-state index in [1.54, 1.807) is 5.92 Å². The van der Waals surface area contributed by atoms with Crippen LogP contribution in [-0.2, 0) is 9.47 Å². The van der Waals surface area contributed by atoms with Crippen molar-refractivity contribution >= 4 is 15.9 Å². The molecule has 14 heavy (non-hydrogen) atoms. The fourth-order valence-corrected chi connectivity index (χ4v) is 1.25. The molecule has 0 amide bonds. The highest BCUT2D eigenvalue weighted by atomic mass is 79.9. The monoisotopic (exact) mass is 268 g/mol. The smallest absolute Gasteiger partial charge is 0.353 e. The summed E-state index contributed by atoms with van der Waals surface area (Å²) in [5.74, 6) is 3.94. The zero-order valence-corrected chi connectivity index (χ0v) is 9.15. The van der Waals surface area contributed by atoms with Gasteiger partial charge in [-0.25, -0.2) is 0 Å². The van der Waals surface area contributed by atoms with E-state index < -0.39 is 4.83 Å². The maximum Gasteiger partial charge on any atom is 0.363 e. The molecule has 1 rings (SSSR count). The van der Waals surface area contributed by atoms with E-state index in [-0.39, 0.29) is 12.9 Å². The van der Waals surface area contributed by atoms with Gasteiger partial charge in [0.15, 0.2) is 6.29 Å². The number of rotatable bonds is 2. The van der Waals surface area contributed by atoms with Gasteiger partial charge in [0.05, 0.1) is 0 Å². The Morgan fingerprint density at radius 2 is 2.29 bits per heavy atom. The molecular weight excluding hydrogens is 258 g/mol. The van der Waals surface area contributed by atoms with Crippen molar-refractivity contribution in [2.24, 2.45) is 0 Å². The zero-order chi connectivity index (χ0) is 10.4. The summed E-state index contributed by atoms with van der Waals surface area (Å²) in [6, 6.07) is 0. The second kappa shape index (κ2) is 5.64. The Morgan fingerprint density at radius 3 is 2.86 bits per heavy atom. The second-order valence-electron chi connectivity index (χ2n) is 2.91. The number of halogens is 3. The minimum atomic E-state index is -3.12. The summed E-state index contributed by atoms with van der Waals surface area (Å²) in [5.41, 5.74) is 0. The van der Waals surface area contributed by atoms with E-state index in [4.69, 9.17) is 9.47 Å². The highest BCUT2D eigenvalue weighted by Gasteiger charge is 2.19. The van der Waals surface area contributed by atoms with Crippen molar-refractivity contribution < 1.29 is 18.3 Å². The fourth-order valence-electron chi connectivity index (χ4n) is 1.11. The van der Waals surface area contributed by atoms with Crippen molar-refractivity contribution in [1.82, 2.24) is 0 Å². The van der Waals surface area contributed by atoms with Gasteiger partial charge in [0.1, 0.15) is 6.61 Å². The van der Waals surface area contributed by atoms with Crippen LogP contribution in [0.1, 0.15) is 19.3 Å². The van der Waals surface area contributed by atoms with Crippen LogP contribution in [0.5, 0.6) is 0 Å². The Kier molecular flexibility index (Phi) is 4.79. The van der Waals surface area contributed by atoms with Crippen molar-refractivity contribution in [2.75, 3.05) is 13.2 Å². The number of hydrogen-bond acceptors (Lipinski definition) is 2. The molecule has 1 unspecified atom stereocenters. The molecule has 1 aliphatic heterocycles. The van der Waals surface area contributed by atoms with E-state index in [0.717, 1.165) is 19.3 Å². The normalized spacial score (nSPS) is 22.6. The van der Waals surface area contributed by atoms with E-state index in [0.29, 0.717) is 6.61 Å². The SMILES string of the molecule is FC(F)(Br)C#CCOC1CCCCO1. The van der Waals surface area contributed by atoms with E-state index in [9.17, 15) is 8.78 Å². The van der Waals surface area contributed by atoms with Gasteiger partial charge in [0, 0.05) is 22.5 Å². The molecule has 0 saturated carbocycles. The molecule has 5 heteroatoms. The molecule has 0 aromatic carbocycles. The first kappa shape index (κ1) is 11.9. The van der Waals surface area contributed by atoms with Gasteiger partial charge in [-0.1, -0.05) is 5.92 Å². The van der Waals surface area contributed by atoms with Crippen LogP contribution < -0.4 is 0 Å². The van der Waals surface area contributed by atoms with Crippen molar-refractivity contribution in [3.8, 4) is 11.8 Å². The molecule has 1 fully saturated rings. The van der Waals surface area contributed by atoms with Gasteiger partial charge in [0.2, 0.25) is 0 Å². The summed E-state index contributed by atoms with van der Waals surface area (Å²) in [4.78, 5) is -3.12. The van der Waals surface area contributed by atoms with Gasteiger partial charge in [0.25, 0.3) is 0 Å². The Bertz CT molecular complexity index is 223. The number of hydrogen-bond donors (Lipinski definition) is 0. The average molecular weight is 269 g/mol. The van der Waals surface area contributed by atoms with Crippen LogP contribution in [0.4, 0.5) is 8.78 Å². The third-order valence-electron chi connectivity index (χ3n) is 1.71. The molecule has 0 N–H and O–H groups in total. The Labute approximate surface area is 90.1 Å². The molecule has 0 bridgehead atoms. The van der Waals surface area contributed by atoms with Crippen LogP contribution in [0, 0.1) is 11.8 Å². The van der Waals surface area contributed by atoms with Crippen LogP contribution in [0.3, 0.4) is 0 Å². The molecule has 1 aliphatic rings. The number of ether oxygens (including phenoxy) is 2. The van der Waals surface area contributed by atoms with Gasteiger partial charge < -0.3 is 9.47 Å². The Morgan fingerprint density at radius 1 is 1.50 bits per heavy atom. The van der Waals surface area contributed by atoms with Crippen molar-refractivity contribution in [2.45, 2.75) is 30.4 Å². The molecule has 80 valence electrons. The first-order valence-corrected chi connectivity index (χ1v) is 5.17. The lowest BCUT2D eigenvalue weighted by Crippen LogP contribution is -2.22. The third kappa shape index (κ3) is 5.53. The molecular formula is C9H11BrF2O2. The maximum atomic E-state index is 12.1. The first-order valence-electron chi connectivity index (χ1n) is 4.38. The van der Waals surface area contributed by atoms with E-state index >= 15 is 0 Å². The molecule has 0 aromatic rings. The Hall–Kier alpha value is -0.180. The van der Waals surface area contributed by atoms with Gasteiger partial charge in [-0.2, -0.15) is 8.78 Å².